The predicted molar refractivity (Wildman–Crippen MR) is 57.3 cm³/mol. The summed E-state index contributed by atoms with van der Waals surface area (Å²) in [5.41, 5.74) is 1.06. The number of pyridine rings is 1. The molecule has 0 aromatic carbocycles. The summed E-state index contributed by atoms with van der Waals surface area (Å²) in [7, 11) is 0. The van der Waals surface area contributed by atoms with E-state index in [9.17, 15) is 4.79 Å². The molecule has 0 aliphatic heterocycles. The maximum Gasteiger partial charge on any atom is 0.140 e. The van der Waals surface area contributed by atoms with Gasteiger partial charge in [0, 0.05) is 24.7 Å². The molecule has 2 unspecified atom stereocenters. The molecule has 78 valence electrons. The maximum atomic E-state index is 12.0. The van der Waals surface area contributed by atoms with Gasteiger partial charge in [-0.2, -0.15) is 0 Å². The summed E-state index contributed by atoms with van der Waals surface area (Å²) in [6.07, 6.45) is 8.05. The Bertz CT molecular complexity index is 363. The SMILES string of the molecule is O=C(Cc1cccnc1)C1C2CCCC21. The average Bonchev–Trinajstić information content (AvgIpc) is 2.75. The van der Waals surface area contributed by atoms with Crippen LogP contribution in [0.5, 0.6) is 0 Å². The van der Waals surface area contributed by atoms with Crippen LogP contribution in [-0.4, -0.2) is 10.8 Å². The molecule has 0 amide bonds. The summed E-state index contributed by atoms with van der Waals surface area (Å²) in [6, 6.07) is 3.89. The lowest BCUT2D eigenvalue weighted by Crippen LogP contribution is -2.09. The zero-order valence-electron chi connectivity index (χ0n) is 8.73. The van der Waals surface area contributed by atoms with Crippen molar-refractivity contribution in [3.63, 3.8) is 0 Å². The second kappa shape index (κ2) is 3.44. The molecule has 0 saturated heterocycles. The highest BCUT2D eigenvalue weighted by Crippen LogP contribution is 2.58. The van der Waals surface area contributed by atoms with Gasteiger partial charge in [-0.25, -0.2) is 0 Å². The first kappa shape index (κ1) is 9.08. The fraction of sp³-hybridized carbons (Fsp3) is 0.538. The van der Waals surface area contributed by atoms with Crippen LogP contribution in [0, 0.1) is 17.8 Å². The molecule has 0 bridgehead atoms. The summed E-state index contributed by atoms with van der Waals surface area (Å²) >= 11 is 0. The van der Waals surface area contributed by atoms with E-state index >= 15 is 0 Å². The normalized spacial score (nSPS) is 32.4. The molecule has 1 heterocycles. The Morgan fingerprint density at radius 2 is 2.20 bits per heavy atom. The number of ketones is 1. The first-order valence-electron chi connectivity index (χ1n) is 5.78. The Hall–Kier alpha value is -1.18. The molecule has 2 atom stereocenters. The van der Waals surface area contributed by atoms with Crippen LogP contribution in [0.2, 0.25) is 0 Å². The van der Waals surface area contributed by atoms with E-state index in [1.165, 1.54) is 19.3 Å². The molecule has 1 aromatic heterocycles. The van der Waals surface area contributed by atoms with Gasteiger partial charge in [-0.3, -0.25) is 9.78 Å². The van der Waals surface area contributed by atoms with Crippen LogP contribution in [-0.2, 0) is 11.2 Å². The highest BCUT2D eigenvalue weighted by atomic mass is 16.1. The van der Waals surface area contributed by atoms with Crippen molar-refractivity contribution in [2.45, 2.75) is 25.7 Å². The first-order chi connectivity index (χ1) is 7.36. The number of aromatic nitrogens is 1. The van der Waals surface area contributed by atoms with E-state index < -0.39 is 0 Å². The van der Waals surface area contributed by atoms with Crippen molar-refractivity contribution < 1.29 is 4.79 Å². The zero-order chi connectivity index (χ0) is 10.3. The molecule has 2 fully saturated rings. The quantitative estimate of drug-likeness (QED) is 0.750. The zero-order valence-corrected chi connectivity index (χ0v) is 8.73. The number of fused-ring (bicyclic) bond motifs is 1. The van der Waals surface area contributed by atoms with Crippen LogP contribution in [0.4, 0.5) is 0 Å². The van der Waals surface area contributed by atoms with Gasteiger partial charge in [0.15, 0.2) is 0 Å². The minimum Gasteiger partial charge on any atom is -0.299 e. The smallest absolute Gasteiger partial charge is 0.140 e. The summed E-state index contributed by atoms with van der Waals surface area (Å²) in [6.45, 7) is 0. The van der Waals surface area contributed by atoms with Crippen molar-refractivity contribution in [1.82, 2.24) is 4.98 Å². The van der Waals surface area contributed by atoms with Crippen molar-refractivity contribution in [2.75, 3.05) is 0 Å². The molecule has 0 N–H and O–H groups in total. The second-order valence-corrected chi connectivity index (χ2v) is 4.79. The third-order valence-electron chi connectivity index (χ3n) is 3.88. The van der Waals surface area contributed by atoms with E-state index in [4.69, 9.17) is 0 Å². The number of carbonyl (C=O) groups excluding carboxylic acids is 1. The molecule has 15 heavy (non-hydrogen) atoms. The van der Waals surface area contributed by atoms with E-state index in [1.807, 2.05) is 12.1 Å². The van der Waals surface area contributed by atoms with Crippen LogP contribution in [0.1, 0.15) is 24.8 Å². The molecule has 3 rings (SSSR count). The Morgan fingerprint density at radius 3 is 2.87 bits per heavy atom. The van der Waals surface area contributed by atoms with E-state index in [2.05, 4.69) is 4.98 Å². The van der Waals surface area contributed by atoms with Gasteiger partial charge in [-0.05, 0) is 36.3 Å². The Labute approximate surface area is 89.7 Å². The lowest BCUT2D eigenvalue weighted by Gasteiger charge is -2.02. The lowest BCUT2D eigenvalue weighted by molar-refractivity contribution is -0.120. The summed E-state index contributed by atoms with van der Waals surface area (Å²) in [5, 5.41) is 0. The fourth-order valence-electron chi connectivity index (χ4n) is 3.12. The third kappa shape index (κ3) is 1.58. The van der Waals surface area contributed by atoms with Crippen LogP contribution < -0.4 is 0 Å². The van der Waals surface area contributed by atoms with Gasteiger partial charge in [0.25, 0.3) is 0 Å². The third-order valence-corrected chi connectivity index (χ3v) is 3.88. The minimum atomic E-state index is 0.402. The fourth-order valence-corrected chi connectivity index (χ4v) is 3.12. The molecule has 2 nitrogen and oxygen atoms in total. The molecule has 0 spiro atoms. The van der Waals surface area contributed by atoms with Gasteiger partial charge < -0.3 is 0 Å². The minimum absolute atomic E-state index is 0.402. The predicted octanol–water partition coefficient (Wildman–Crippen LogP) is 2.24. The molecular weight excluding hydrogens is 186 g/mol. The average molecular weight is 201 g/mol. The summed E-state index contributed by atoms with van der Waals surface area (Å²) in [4.78, 5) is 16.0. The van der Waals surface area contributed by atoms with Gasteiger partial charge in [-0.1, -0.05) is 12.5 Å². The van der Waals surface area contributed by atoms with E-state index in [0.717, 1.165) is 17.4 Å². The summed E-state index contributed by atoms with van der Waals surface area (Å²) in [5.74, 6) is 2.33. The largest absolute Gasteiger partial charge is 0.299 e. The Balaban J connectivity index is 1.63. The van der Waals surface area contributed by atoms with Crippen molar-refractivity contribution >= 4 is 5.78 Å². The number of hydrogen-bond acceptors (Lipinski definition) is 2. The van der Waals surface area contributed by atoms with Gasteiger partial charge in [-0.15, -0.1) is 0 Å². The second-order valence-electron chi connectivity index (χ2n) is 4.79. The molecule has 2 heteroatoms. The van der Waals surface area contributed by atoms with Crippen molar-refractivity contribution in [1.29, 1.82) is 0 Å². The summed E-state index contributed by atoms with van der Waals surface area (Å²) < 4.78 is 0. The van der Waals surface area contributed by atoms with E-state index in [1.54, 1.807) is 12.4 Å². The molecule has 1 aromatic rings. The van der Waals surface area contributed by atoms with Crippen LogP contribution in [0.15, 0.2) is 24.5 Å². The van der Waals surface area contributed by atoms with Crippen molar-refractivity contribution in [3.8, 4) is 0 Å². The van der Waals surface area contributed by atoms with Gasteiger partial charge >= 0.3 is 0 Å². The molecule has 2 aliphatic carbocycles. The number of nitrogens with zero attached hydrogens (tertiary/aromatic N) is 1. The van der Waals surface area contributed by atoms with Crippen LogP contribution in [0.25, 0.3) is 0 Å². The van der Waals surface area contributed by atoms with Crippen LogP contribution in [0.3, 0.4) is 0 Å². The van der Waals surface area contributed by atoms with Gasteiger partial charge in [0.2, 0.25) is 0 Å². The standard InChI is InChI=1S/C13H15NO/c15-12(7-9-3-2-6-14-8-9)13-10-4-1-5-11(10)13/h2-3,6,8,10-11,13H,1,4-5,7H2. The topological polar surface area (TPSA) is 30.0 Å². The highest BCUT2D eigenvalue weighted by molar-refractivity contribution is 5.86. The van der Waals surface area contributed by atoms with E-state index in [0.29, 0.717) is 18.1 Å². The number of hydrogen-bond donors (Lipinski definition) is 0. The Morgan fingerprint density at radius 1 is 1.40 bits per heavy atom. The van der Waals surface area contributed by atoms with Crippen molar-refractivity contribution in [3.05, 3.63) is 30.1 Å². The monoisotopic (exact) mass is 201 g/mol. The van der Waals surface area contributed by atoms with Crippen molar-refractivity contribution in [2.24, 2.45) is 17.8 Å². The lowest BCUT2D eigenvalue weighted by atomic mass is 10.0. The first-order valence-corrected chi connectivity index (χ1v) is 5.78. The Kier molecular flexibility index (Phi) is 2.08. The number of Topliss-reactive ketones (excluding diaryl/α,β-unsaturated/α-hetero) is 1. The molecule has 0 radical (unpaired) electrons. The maximum absolute atomic E-state index is 12.0. The molecule has 2 saturated carbocycles. The number of rotatable bonds is 3. The van der Waals surface area contributed by atoms with Gasteiger partial charge in [0.05, 0.1) is 0 Å². The molecule has 2 aliphatic rings. The van der Waals surface area contributed by atoms with E-state index in [-0.39, 0.29) is 0 Å². The molecular formula is C13H15NO. The highest BCUT2D eigenvalue weighted by Gasteiger charge is 2.55. The number of carbonyl (C=O) groups is 1. The van der Waals surface area contributed by atoms with Crippen LogP contribution >= 0.6 is 0 Å². The van der Waals surface area contributed by atoms with Gasteiger partial charge in [0.1, 0.15) is 5.78 Å².